The van der Waals surface area contributed by atoms with Crippen LogP contribution in [-0.2, 0) is 11.2 Å². The Bertz CT molecular complexity index is 778. The topological polar surface area (TPSA) is 78.1 Å². The van der Waals surface area contributed by atoms with E-state index in [1.165, 1.54) is 6.42 Å². The van der Waals surface area contributed by atoms with E-state index in [9.17, 15) is 9.59 Å². The van der Waals surface area contributed by atoms with Crippen molar-refractivity contribution in [1.29, 1.82) is 0 Å². The van der Waals surface area contributed by atoms with Crippen LogP contribution in [-0.4, -0.2) is 46.5 Å². The van der Waals surface area contributed by atoms with Gasteiger partial charge in [0, 0.05) is 32.0 Å². The number of carbonyl (C=O) groups is 1. The highest BCUT2D eigenvalue weighted by Crippen LogP contribution is 2.11. The fraction of sp³-hybridized carbons (Fsp3) is 0.526. The third-order valence-electron chi connectivity index (χ3n) is 4.74. The third-order valence-corrected chi connectivity index (χ3v) is 4.74. The summed E-state index contributed by atoms with van der Waals surface area (Å²) in [6.45, 7) is 5.44. The molecule has 0 bridgehead atoms. The molecule has 6 nitrogen and oxygen atoms in total. The molecule has 6 heteroatoms. The number of nitrogens with one attached hydrogen (secondary N) is 2. The van der Waals surface area contributed by atoms with E-state index in [1.807, 2.05) is 18.2 Å². The van der Waals surface area contributed by atoms with Gasteiger partial charge in [-0.2, -0.15) is 0 Å². The lowest BCUT2D eigenvalue weighted by Gasteiger charge is -2.32. The molecule has 1 aromatic heterocycles. The summed E-state index contributed by atoms with van der Waals surface area (Å²) in [6, 6.07) is 7.51. The molecule has 134 valence electrons. The average Bonchev–Trinajstić information content (AvgIpc) is 2.62. The van der Waals surface area contributed by atoms with Crippen molar-refractivity contribution in [2.24, 2.45) is 0 Å². The van der Waals surface area contributed by atoms with Gasteiger partial charge in [0.25, 0.3) is 5.56 Å². The Hall–Kier alpha value is -2.21. The quantitative estimate of drug-likeness (QED) is 0.840. The van der Waals surface area contributed by atoms with E-state index in [2.05, 4.69) is 27.1 Å². The minimum atomic E-state index is -0.149. The molecule has 0 unspecified atom stereocenters. The zero-order valence-electron chi connectivity index (χ0n) is 14.8. The standard InChI is InChI=1S/C19H26N4O2/c1-2-11-23-12-9-14(10-13-23)20-18(24)8-7-17-21-16-6-4-3-5-15(16)19(25)22-17/h3-6,14H,2,7-13H2,1H3,(H,20,24)(H,21,22,25). The number of aryl methyl sites for hydroxylation is 1. The van der Waals surface area contributed by atoms with Crippen LogP contribution in [0.5, 0.6) is 0 Å². The average molecular weight is 342 g/mol. The molecule has 25 heavy (non-hydrogen) atoms. The number of H-pyrrole nitrogens is 1. The van der Waals surface area contributed by atoms with E-state index in [-0.39, 0.29) is 17.5 Å². The number of rotatable bonds is 6. The van der Waals surface area contributed by atoms with Crippen molar-refractivity contribution >= 4 is 16.8 Å². The molecule has 1 aliphatic rings. The number of benzene rings is 1. The lowest BCUT2D eigenvalue weighted by molar-refractivity contribution is -0.122. The molecule has 0 saturated carbocycles. The number of hydrogen-bond donors (Lipinski definition) is 2. The predicted octanol–water partition coefficient (Wildman–Crippen LogP) is 1.85. The first-order valence-electron chi connectivity index (χ1n) is 9.15. The van der Waals surface area contributed by atoms with Crippen LogP contribution < -0.4 is 10.9 Å². The Morgan fingerprint density at radius 1 is 1.32 bits per heavy atom. The van der Waals surface area contributed by atoms with E-state index in [0.29, 0.717) is 29.6 Å². The molecule has 2 heterocycles. The highest BCUT2D eigenvalue weighted by molar-refractivity contribution is 5.78. The van der Waals surface area contributed by atoms with Crippen LogP contribution in [0, 0.1) is 0 Å². The summed E-state index contributed by atoms with van der Waals surface area (Å²) < 4.78 is 0. The highest BCUT2D eigenvalue weighted by Gasteiger charge is 2.20. The molecule has 1 amide bonds. The molecular formula is C19H26N4O2. The molecule has 2 aromatic rings. The highest BCUT2D eigenvalue weighted by atomic mass is 16.1. The second-order valence-corrected chi connectivity index (χ2v) is 6.71. The Balaban J connectivity index is 1.50. The smallest absolute Gasteiger partial charge is 0.258 e. The van der Waals surface area contributed by atoms with Crippen molar-refractivity contribution < 1.29 is 4.79 Å². The number of amides is 1. The number of likely N-dealkylation sites (tertiary alicyclic amines) is 1. The second kappa shape index (κ2) is 8.25. The predicted molar refractivity (Wildman–Crippen MR) is 98.6 cm³/mol. The summed E-state index contributed by atoms with van der Waals surface area (Å²) in [5.74, 6) is 0.598. The van der Waals surface area contributed by atoms with Gasteiger partial charge < -0.3 is 15.2 Å². The molecule has 3 rings (SSSR count). The molecule has 1 saturated heterocycles. The Morgan fingerprint density at radius 2 is 2.08 bits per heavy atom. The first-order valence-corrected chi connectivity index (χ1v) is 9.15. The van der Waals surface area contributed by atoms with Gasteiger partial charge in [-0.3, -0.25) is 9.59 Å². The lowest BCUT2D eigenvalue weighted by atomic mass is 10.0. The third kappa shape index (κ3) is 4.66. The maximum absolute atomic E-state index is 12.2. The summed E-state index contributed by atoms with van der Waals surface area (Å²) in [4.78, 5) is 33.9. The maximum atomic E-state index is 12.2. The second-order valence-electron chi connectivity index (χ2n) is 6.71. The van der Waals surface area contributed by atoms with Crippen molar-refractivity contribution in [1.82, 2.24) is 20.2 Å². The van der Waals surface area contributed by atoms with Gasteiger partial charge in [0.05, 0.1) is 10.9 Å². The van der Waals surface area contributed by atoms with Crippen LogP contribution >= 0.6 is 0 Å². The summed E-state index contributed by atoms with van der Waals surface area (Å²) in [6.07, 6.45) is 3.98. The van der Waals surface area contributed by atoms with Gasteiger partial charge in [0.1, 0.15) is 5.82 Å². The van der Waals surface area contributed by atoms with E-state index < -0.39 is 0 Å². The molecular weight excluding hydrogens is 316 g/mol. The molecule has 1 aromatic carbocycles. The van der Waals surface area contributed by atoms with Crippen molar-refractivity contribution in [3.63, 3.8) is 0 Å². The SMILES string of the molecule is CCCN1CCC(NC(=O)CCc2nc3ccccc3c(=O)[nH]2)CC1. The lowest BCUT2D eigenvalue weighted by Crippen LogP contribution is -2.44. The zero-order chi connectivity index (χ0) is 17.6. The molecule has 1 aliphatic heterocycles. The minimum absolute atomic E-state index is 0.0322. The number of para-hydroxylation sites is 1. The van der Waals surface area contributed by atoms with Crippen molar-refractivity contribution in [3.8, 4) is 0 Å². The Kier molecular flexibility index (Phi) is 5.81. The van der Waals surface area contributed by atoms with E-state index in [4.69, 9.17) is 0 Å². The zero-order valence-corrected chi connectivity index (χ0v) is 14.8. The van der Waals surface area contributed by atoms with Crippen molar-refractivity contribution in [3.05, 3.63) is 40.4 Å². The van der Waals surface area contributed by atoms with Gasteiger partial charge in [-0.05, 0) is 37.9 Å². The molecule has 0 radical (unpaired) electrons. The molecule has 0 spiro atoms. The largest absolute Gasteiger partial charge is 0.353 e. The summed E-state index contributed by atoms with van der Waals surface area (Å²) >= 11 is 0. The fourth-order valence-electron chi connectivity index (χ4n) is 3.40. The summed E-state index contributed by atoms with van der Waals surface area (Å²) in [7, 11) is 0. The van der Waals surface area contributed by atoms with E-state index in [1.54, 1.807) is 6.07 Å². The molecule has 0 aliphatic carbocycles. The van der Waals surface area contributed by atoms with Crippen LogP contribution in [0.3, 0.4) is 0 Å². The van der Waals surface area contributed by atoms with E-state index >= 15 is 0 Å². The first-order chi connectivity index (χ1) is 12.2. The van der Waals surface area contributed by atoms with Gasteiger partial charge >= 0.3 is 0 Å². The van der Waals surface area contributed by atoms with Crippen LogP contribution in [0.15, 0.2) is 29.1 Å². The van der Waals surface area contributed by atoms with Crippen LogP contribution in [0.25, 0.3) is 10.9 Å². The van der Waals surface area contributed by atoms with Crippen molar-refractivity contribution in [2.75, 3.05) is 19.6 Å². The first kappa shape index (κ1) is 17.6. The molecule has 0 atom stereocenters. The number of aromatic amines is 1. The number of nitrogens with zero attached hydrogens (tertiary/aromatic N) is 2. The van der Waals surface area contributed by atoms with Gasteiger partial charge in [-0.25, -0.2) is 4.98 Å². The number of piperidine rings is 1. The van der Waals surface area contributed by atoms with Crippen molar-refractivity contribution in [2.45, 2.75) is 45.1 Å². The summed E-state index contributed by atoms with van der Waals surface area (Å²) in [5.41, 5.74) is 0.522. The van der Waals surface area contributed by atoms with Gasteiger partial charge in [-0.15, -0.1) is 0 Å². The van der Waals surface area contributed by atoms with Gasteiger partial charge in [-0.1, -0.05) is 19.1 Å². The van der Waals surface area contributed by atoms with E-state index in [0.717, 1.165) is 32.5 Å². The Morgan fingerprint density at radius 3 is 2.84 bits per heavy atom. The number of fused-ring (bicyclic) bond motifs is 1. The molecule has 2 N–H and O–H groups in total. The number of hydrogen-bond acceptors (Lipinski definition) is 4. The fourth-order valence-corrected chi connectivity index (χ4v) is 3.40. The Labute approximate surface area is 147 Å². The minimum Gasteiger partial charge on any atom is -0.353 e. The van der Waals surface area contributed by atoms with Crippen LogP contribution in [0.2, 0.25) is 0 Å². The normalized spacial score (nSPS) is 16.2. The molecule has 1 fully saturated rings. The monoisotopic (exact) mass is 342 g/mol. The van der Waals surface area contributed by atoms with Crippen LogP contribution in [0.4, 0.5) is 0 Å². The number of carbonyl (C=O) groups excluding carboxylic acids is 1. The summed E-state index contributed by atoms with van der Waals surface area (Å²) in [5, 5.41) is 3.70. The van der Waals surface area contributed by atoms with Crippen LogP contribution in [0.1, 0.15) is 38.4 Å². The number of aromatic nitrogens is 2. The van der Waals surface area contributed by atoms with Gasteiger partial charge in [0.2, 0.25) is 5.91 Å². The maximum Gasteiger partial charge on any atom is 0.258 e. The van der Waals surface area contributed by atoms with Gasteiger partial charge in [0.15, 0.2) is 0 Å².